The highest BCUT2D eigenvalue weighted by atomic mass is 19.4. The first-order valence-electron chi connectivity index (χ1n) is 7.83. The van der Waals surface area contributed by atoms with E-state index in [1.54, 1.807) is 6.07 Å². The largest absolute Gasteiger partial charge is 0.427 e. The van der Waals surface area contributed by atoms with E-state index in [1.165, 1.54) is 31.2 Å². The predicted octanol–water partition coefficient (Wildman–Crippen LogP) is 5.15. The van der Waals surface area contributed by atoms with Gasteiger partial charge in [0.05, 0.1) is 5.41 Å². The van der Waals surface area contributed by atoms with Crippen LogP contribution in [0, 0.1) is 5.41 Å². The first-order valence-corrected chi connectivity index (χ1v) is 7.83. The smallest absolute Gasteiger partial charge is 0.373 e. The van der Waals surface area contributed by atoms with Gasteiger partial charge in [0.25, 0.3) is 5.60 Å². The molecule has 1 unspecified atom stereocenters. The maximum absolute atomic E-state index is 14.8. The Hall–Kier alpha value is -2.16. The summed E-state index contributed by atoms with van der Waals surface area (Å²) in [6.07, 6.45) is -14.5. The van der Waals surface area contributed by atoms with E-state index in [0.29, 0.717) is 0 Å². The number of hydrogen-bond donors (Lipinski definition) is 1. The van der Waals surface area contributed by atoms with Crippen molar-refractivity contribution in [3.8, 4) is 0 Å². The topological polar surface area (TPSA) is 37.3 Å². The highest BCUT2D eigenvalue weighted by molar-refractivity contribution is 5.84. The summed E-state index contributed by atoms with van der Waals surface area (Å²) in [4.78, 5) is 11.5. The molecule has 1 aromatic carbocycles. The van der Waals surface area contributed by atoms with Crippen LogP contribution in [0.25, 0.3) is 5.57 Å². The number of aliphatic hydroxyl groups is 1. The number of carbonyl (C=O) groups is 1. The van der Waals surface area contributed by atoms with Gasteiger partial charge in [-0.2, -0.15) is 26.3 Å². The molecule has 2 rings (SSSR count). The molecule has 0 saturated carbocycles. The molecule has 1 aromatic rings. The predicted molar refractivity (Wildman–Crippen MR) is 83.0 cm³/mol. The molecule has 0 radical (unpaired) electrons. The molecule has 2 nitrogen and oxygen atoms in total. The van der Waals surface area contributed by atoms with Crippen molar-refractivity contribution in [2.24, 2.45) is 5.41 Å². The third kappa shape index (κ3) is 3.18. The number of aldehydes is 1. The first-order chi connectivity index (χ1) is 12.3. The van der Waals surface area contributed by atoms with Crippen LogP contribution in [0.3, 0.4) is 0 Å². The summed E-state index contributed by atoms with van der Waals surface area (Å²) in [7, 11) is 0. The van der Waals surface area contributed by atoms with Crippen LogP contribution in [-0.4, -0.2) is 29.3 Å². The lowest BCUT2D eigenvalue weighted by Gasteiger charge is -2.45. The SMILES string of the molecule is CCC1=C(c2ccccc2)C(F)=CC(C=O)(C(O)(C(F)(F)F)C(F)(F)F)C1. The van der Waals surface area contributed by atoms with Crippen molar-refractivity contribution in [2.75, 3.05) is 0 Å². The number of benzene rings is 1. The molecule has 0 fully saturated rings. The van der Waals surface area contributed by atoms with E-state index in [2.05, 4.69) is 0 Å². The van der Waals surface area contributed by atoms with Crippen molar-refractivity contribution in [3.05, 3.63) is 53.4 Å². The second-order valence-electron chi connectivity index (χ2n) is 6.23. The van der Waals surface area contributed by atoms with Crippen molar-refractivity contribution in [1.29, 1.82) is 0 Å². The third-order valence-corrected chi connectivity index (χ3v) is 4.68. The number of carbonyl (C=O) groups excluding carboxylic acids is 1. The zero-order valence-electron chi connectivity index (χ0n) is 14.0. The molecular formula is C18H15F7O2. The maximum atomic E-state index is 14.8. The Morgan fingerprint density at radius 1 is 1.07 bits per heavy atom. The second-order valence-corrected chi connectivity index (χ2v) is 6.23. The van der Waals surface area contributed by atoms with Crippen molar-refractivity contribution < 1.29 is 40.6 Å². The Balaban J connectivity index is 2.75. The normalized spacial score (nSPS) is 21.9. The molecule has 1 aliphatic rings. The minimum absolute atomic E-state index is 0.0670. The molecule has 148 valence electrons. The van der Waals surface area contributed by atoms with Gasteiger partial charge in [-0.1, -0.05) is 42.8 Å². The summed E-state index contributed by atoms with van der Waals surface area (Å²) in [5.74, 6) is -1.43. The van der Waals surface area contributed by atoms with Gasteiger partial charge in [0.15, 0.2) is 0 Å². The molecule has 0 spiro atoms. The number of alkyl halides is 6. The van der Waals surface area contributed by atoms with E-state index in [9.17, 15) is 40.6 Å². The van der Waals surface area contributed by atoms with Crippen LogP contribution in [0.5, 0.6) is 0 Å². The standard InChI is InChI=1S/C18H15F7O2/c1-2-11-8-15(10-26,16(27,17(20,21)22)18(23,24)25)9-13(19)14(11)12-6-4-3-5-7-12/h3-7,9-10,27H,2,8H2,1H3. The fraction of sp³-hybridized carbons (Fsp3) is 0.389. The zero-order chi connectivity index (χ0) is 20.7. The van der Waals surface area contributed by atoms with Crippen LogP contribution < -0.4 is 0 Å². The van der Waals surface area contributed by atoms with Gasteiger partial charge in [-0.05, 0) is 24.5 Å². The van der Waals surface area contributed by atoms with Crippen LogP contribution in [-0.2, 0) is 4.79 Å². The van der Waals surface area contributed by atoms with Gasteiger partial charge in [0.2, 0.25) is 0 Å². The van der Waals surface area contributed by atoms with Crippen LogP contribution in [0.1, 0.15) is 25.3 Å². The molecule has 9 heteroatoms. The maximum Gasteiger partial charge on any atom is 0.427 e. The van der Waals surface area contributed by atoms with Crippen molar-refractivity contribution in [2.45, 2.75) is 37.7 Å². The van der Waals surface area contributed by atoms with Gasteiger partial charge in [0.1, 0.15) is 12.1 Å². The van der Waals surface area contributed by atoms with Gasteiger partial charge >= 0.3 is 12.4 Å². The van der Waals surface area contributed by atoms with Crippen LogP contribution in [0.15, 0.2) is 47.8 Å². The molecule has 27 heavy (non-hydrogen) atoms. The van der Waals surface area contributed by atoms with Crippen molar-refractivity contribution in [3.63, 3.8) is 0 Å². The number of halogens is 7. The summed E-state index contributed by atoms with van der Waals surface area (Å²) >= 11 is 0. The van der Waals surface area contributed by atoms with Crippen LogP contribution in [0.2, 0.25) is 0 Å². The van der Waals surface area contributed by atoms with Gasteiger partial charge < -0.3 is 9.90 Å². The molecule has 0 saturated heterocycles. The highest BCUT2D eigenvalue weighted by Gasteiger charge is 2.79. The average molecular weight is 396 g/mol. The lowest BCUT2D eigenvalue weighted by molar-refractivity contribution is -0.390. The van der Waals surface area contributed by atoms with Gasteiger partial charge in [-0.3, -0.25) is 0 Å². The number of rotatable bonds is 4. The minimum atomic E-state index is -6.26. The fourth-order valence-corrected chi connectivity index (χ4v) is 3.29. The minimum Gasteiger partial charge on any atom is -0.373 e. The van der Waals surface area contributed by atoms with Crippen LogP contribution >= 0.6 is 0 Å². The summed E-state index contributed by atoms with van der Waals surface area (Å²) in [6.45, 7) is 1.41. The Morgan fingerprint density at radius 2 is 1.59 bits per heavy atom. The summed E-state index contributed by atoms with van der Waals surface area (Å²) < 4.78 is 94.5. The summed E-state index contributed by atoms with van der Waals surface area (Å²) in [6, 6.07) is 7.51. The van der Waals surface area contributed by atoms with Crippen molar-refractivity contribution in [1.82, 2.24) is 0 Å². The lowest BCUT2D eigenvalue weighted by atomic mass is 9.64. The van der Waals surface area contributed by atoms with Crippen LogP contribution in [0.4, 0.5) is 30.7 Å². The molecule has 0 aromatic heterocycles. The van der Waals surface area contributed by atoms with E-state index in [4.69, 9.17) is 0 Å². The van der Waals surface area contributed by atoms with E-state index < -0.39 is 41.9 Å². The lowest BCUT2D eigenvalue weighted by Crippen LogP contribution is -2.67. The quantitative estimate of drug-likeness (QED) is 0.565. The average Bonchev–Trinajstić information content (AvgIpc) is 2.58. The highest BCUT2D eigenvalue weighted by Crippen LogP contribution is 2.58. The molecule has 0 heterocycles. The Kier molecular flexibility index (Phi) is 5.31. The molecule has 0 aliphatic heterocycles. The summed E-state index contributed by atoms with van der Waals surface area (Å²) in [5.41, 5.74) is -9.08. The van der Waals surface area contributed by atoms with Gasteiger partial charge in [0, 0.05) is 5.57 Å². The van der Waals surface area contributed by atoms with E-state index >= 15 is 0 Å². The number of hydrogen-bond acceptors (Lipinski definition) is 2. The Labute approximate surface area is 150 Å². The van der Waals surface area contributed by atoms with Crippen molar-refractivity contribution >= 4 is 11.9 Å². The summed E-state index contributed by atoms with van der Waals surface area (Å²) in [5, 5.41) is 9.73. The zero-order valence-corrected chi connectivity index (χ0v) is 14.0. The monoisotopic (exact) mass is 396 g/mol. The van der Waals surface area contributed by atoms with E-state index in [0.717, 1.165) is 0 Å². The fourth-order valence-electron chi connectivity index (χ4n) is 3.29. The third-order valence-electron chi connectivity index (χ3n) is 4.68. The second kappa shape index (κ2) is 6.78. The molecule has 1 aliphatic carbocycles. The van der Waals surface area contributed by atoms with Gasteiger partial charge in [-0.25, -0.2) is 4.39 Å². The Bertz CT molecular complexity index is 761. The molecule has 0 amide bonds. The molecule has 1 N–H and O–H groups in total. The molecule has 0 bridgehead atoms. The number of allylic oxidation sites excluding steroid dienone is 3. The molecule has 1 atom stereocenters. The Morgan fingerprint density at radius 3 is 2.00 bits per heavy atom. The molecular weight excluding hydrogens is 381 g/mol. The van der Waals surface area contributed by atoms with E-state index in [-0.39, 0.29) is 29.2 Å². The van der Waals surface area contributed by atoms with E-state index in [1.807, 2.05) is 0 Å². The first kappa shape index (κ1) is 21.1. The van der Waals surface area contributed by atoms with Gasteiger partial charge in [-0.15, -0.1) is 0 Å².